The number of H-pyrrole nitrogens is 1. The quantitative estimate of drug-likeness (QED) is 0.809. The summed E-state index contributed by atoms with van der Waals surface area (Å²) in [6.45, 7) is 0.622. The molecule has 2 N–H and O–H groups in total. The van der Waals surface area contributed by atoms with Crippen molar-refractivity contribution in [1.29, 1.82) is 0 Å². The summed E-state index contributed by atoms with van der Waals surface area (Å²) in [6.07, 6.45) is 3.28. The van der Waals surface area contributed by atoms with E-state index in [-0.39, 0.29) is 11.3 Å². The van der Waals surface area contributed by atoms with Gasteiger partial charge in [0.25, 0.3) is 0 Å². The lowest BCUT2D eigenvalue weighted by Gasteiger charge is -2.14. The van der Waals surface area contributed by atoms with Gasteiger partial charge < -0.3 is 10.1 Å². The summed E-state index contributed by atoms with van der Waals surface area (Å²) >= 11 is 0. The van der Waals surface area contributed by atoms with Crippen molar-refractivity contribution >= 4 is 11.6 Å². The number of ether oxygens (including phenoxy) is 1. The second-order valence-corrected chi connectivity index (χ2v) is 5.68. The molecule has 0 saturated heterocycles. The Morgan fingerprint density at radius 1 is 1.36 bits per heavy atom. The van der Waals surface area contributed by atoms with E-state index in [0.717, 1.165) is 30.5 Å². The normalized spacial score (nSPS) is 15.5. The maximum Gasteiger partial charge on any atom is 0.230 e. The van der Waals surface area contributed by atoms with E-state index in [2.05, 4.69) is 25.9 Å². The molecule has 7 nitrogen and oxygen atoms in total. The molecule has 0 radical (unpaired) electrons. The number of benzene rings is 1. The Hall–Kier alpha value is -2.28. The van der Waals surface area contributed by atoms with Gasteiger partial charge in [0.1, 0.15) is 0 Å². The van der Waals surface area contributed by atoms with Gasteiger partial charge in [-0.3, -0.25) is 4.79 Å². The largest absolute Gasteiger partial charge is 0.385 e. The van der Waals surface area contributed by atoms with E-state index in [1.165, 1.54) is 0 Å². The van der Waals surface area contributed by atoms with Crippen molar-refractivity contribution < 1.29 is 9.53 Å². The maximum atomic E-state index is 12.3. The third-order valence-electron chi connectivity index (χ3n) is 4.08. The van der Waals surface area contributed by atoms with Crippen LogP contribution in [0.15, 0.2) is 24.3 Å². The highest BCUT2D eigenvalue weighted by Crippen LogP contribution is 2.49. The summed E-state index contributed by atoms with van der Waals surface area (Å²) in [6, 6.07) is 7.72. The molecule has 0 spiro atoms. The first-order chi connectivity index (χ1) is 10.7. The van der Waals surface area contributed by atoms with Crippen molar-refractivity contribution in [3.05, 3.63) is 35.7 Å². The van der Waals surface area contributed by atoms with Gasteiger partial charge in [0.05, 0.1) is 5.41 Å². The van der Waals surface area contributed by atoms with Gasteiger partial charge in [0.15, 0.2) is 5.82 Å². The summed E-state index contributed by atoms with van der Waals surface area (Å²) in [5.74, 6) is 0.740. The average molecular weight is 301 g/mol. The lowest BCUT2D eigenvalue weighted by Crippen LogP contribution is -2.25. The van der Waals surface area contributed by atoms with Gasteiger partial charge in [-0.05, 0) is 37.0 Å². The van der Waals surface area contributed by atoms with Gasteiger partial charge in [-0.1, -0.05) is 17.3 Å². The number of amides is 1. The zero-order chi connectivity index (χ0) is 15.4. The van der Waals surface area contributed by atoms with Crippen LogP contribution in [0, 0.1) is 5.41 Å². The molecule has 1 aliphatic carbocycles. The second kappa shape index (κ2) is 6.23. The topological polar surface area (TPSA) is 92.8 Å². The van der Waals surface area contributed by atoms with Gasteiger partial charge in [-0.15, -0.1) is 10.2 Å². The summed E-state index contributed by atoms with van der Waals surface area (Å²) in [7, 11) is 1.66. The van der Waals surface area contributed by atoms with Crippen LogP contribution in [-0.4, -0.2) is 40.2 Å². The first kappa shape index (κ1) is 14.6. The van der Waals surface area contributed by atoms with Crippen LogP contribution in [0.2, 0.25) is 0 Å². The predicted octanol–water partition coefficient (Wildman–Crippen LogP) is 1.55. The molecule has 0 aliphatic heterocycles. The smallest absolute Gasteiger partial charge is 0.230 e. The van der Waals surface area contributed by atoms with Crippen molar-refractivity contribution in [2.24, 2.45) is 5.41 Å². The molecule has 1 heterocycles. The Balaban J connectivity index is 1.58. The minimum atomic E-state index is -0.223. The van der Waals surface area contributed by atoms with Crippen molar-refractivity contribution in [3.8, 4) is 0 Å². The number of carbonyl (C=O) groups excluding carboxylic acids is 1. The molecule has 1 aromatic heterocycles. The number of hydrogen-bond acceptors (Lipinski definition) is 5. The fraction of sp³-hybridized carbons (Fsp3) is 0.467. The number of anilines is 1. The highest BCUT2D eigenvalue weighted by molar-refractivity contribution is 5.97. The summed E-state index contributed by atoms with van der Waals surface area (Å²) < 4.78 is 5.08. The Bertz CT molecular complexity index is 620. The SMILES string of the molecule is COCCC1(C(=O)Nc2ccc(Cc3nn[nH]n3)cc2)CC1. The molecule has 1 amide bonds. The van der Waals surface area contributed by atoms with E-state index in [9.17, 15) is 4.79 Å². The minimum absolute atomic E-state index is 0.0930. The van der Waals surface area contributed by atoms with E-state index >= 15 is 0 Å². The lowest BCUT2D eigenvalue weighted by atomic mass is 10.0. The molecule has 3 rings (SSSR count). The van der Waals surface area contributed by atoms with Gasteiger partial charge >= 0.3 is 0 Å². The molecule has 0 atom stereocenters. The molecule has 1 aromatic carbocycles. The third kappa shape index (κ3) is 3.30. The molecule has 2 aromatic rings. The van der Waals surface area contributed by atoms with E-state index in [1.807, 2.05) is 24.3 Å². The maximum absolute atomic E-state index is 12.3. The Morgan fingerprint density at radius 3 is 2.73 bits per heavy atom. The first-order valence-electron chi connectivity index (χ1n) is 7.33. The monoisotopic (exact) mass is 301 g/mol. The Kier molecular flexibility index (Phi) is 4.15. The molecule has 0 bridgehead atoms. The van der Waals surface area contributed by atoms with Crippen LogP contribution in [-0.2, 0) is 16.0 Å². The van der Waals surface area contributed by atoms with Gasteiger partial charge in [0, 0.05) is 25.8 Å². The molecule has 1 saturated carbocycles. The van der Waals surface area contributed by atoms with Crippen LogP contribution < -0.4 is 5.32 Å². The lowest BCUT2D eigenvalue weighted by molar-refractivity contribution is -0.121. The van der Waals surface area contributed by atoms with Crippen LogP contribution in [0.25, 0.3) is 0 Å². The molecular formula is C15H19N5O2. The van der Waals surface area contributed by atoms with Crippen LogP contribution in [0.4, 0.5) is 5.69 Å². The first-order valence-corrected chi connectivity index (χ1v) is 7.33. The summed E-state index contributed by atoms with van der Waals surface area (Å²) in [5.41, 5.74) is 1.66. The van der Waals surface area contributed by atoms with Crippen molar-refractivity contribution in [3.63, 3.8) is 0 Å². The van der Waals surface area contributed by atoms with Crippen LogP contribution >= 0.6 is 0 Å². The number of carbonyl (C=O) groups is 1. The summed E-state index contributed by atoms with van der Waals surface area (Å²) in [5, 5.41) is 16.8. The number of rotatable bonds is 7. The van der Waals surface area contributed by atoms with Gasteiger partial charge in [0.2, 0.25) is 5.91 Å². The fourth-order valence-electron chi connectivity index (χ4n) is 2.45. The Morgan fingerprint density at radius 2 is 2.14 bits per heavy atom. The zero-order valence-electron chi connectivity index (χ0n) is 12.5. The highest BCUT2D eigenvalue weighted by Gasteiger charge is 2.49. The third-order valence-corrected chi connectivity index (χ3v) is 4.08. The van der Waals surface area contributed by atoms with Gasteiger partial charge in [-0.2, -0.15) is 5.21 Å². The number of hydrogen-bond donors (Lipinski definition) is 2. The molecule has 22 heavy (non-hydrogen) atoms. The number of nitrogens with zero attached hydrogens (tertiary/aromatic N) is 3. The number of tetrazole rings is 1. The molecule has 1 fully saturated rings. The molecular weight excluding hydrogens is 282 g/mol. The van der Waals surface area contributed by atoms with Crippen LogP contribution in [0.3, 0.4) is 0 Å². The minimum Gasteiger partial charge on any atom is -0.385 e. The average Bonchev–Trinajstić information content (AvgIpc) is 3.16. The van der Waals surface area contributed by atoms with E-state index in [0.29, 0.717) is 18.9 Å². The molecule has 7 heteroatoms. The zero-order valence-corrected chi connectivity index (χ0v) is 12.5. The Labute approximate surface area is 128 Å². The number of aromatic nitrogens is 4. The van der Waals surface area contributed by atoms with Crippen molar-refractivity contribution in [2.45, 2.75) is 25.7 Å². The van der Waals surface area contributed by atoms with Crippen molar-refractivity contribution in [2.75, 3.05) is 19.0 Å². The second-order valence-electron chi connectivity index (χ2n) is 5.68. The van der Waals surface area contributed by atoms with Gasteiger partial charge in [-0.25, -0.2) is 0 Å². The van der Waals surface area contributed by atoms with Crippen molar-refractivity contribution in [1.82, 2.24) is 20.6 Å². The van der Waals surface area contributed by atoms with Crippen LogP contribution in [0.5, 0.6) is 0 Å². The van der Waals surface area contributed by atoms with E-state index in [1.54, 1.807) is 7.11 Å². The highest BCUT2D eigenvalue weighted by atomic mass is 16.5. The standard InChI is InChI=1S/C15H19N5O2/c1-22-9-8-15(6-7-15)14(21)16-12-4-2-11(3-5-12)10-13-17-19-20-18-13/h2-5H,6-10H2,1H3,(H,16,21)(H,17,18,19,20). The fourth-order valence-corrected chi connectivity index (χ4v) is 2.45. The predicted molar refractivity (Wildman–Crippen MR) is 80.2 cm³/mol. The van der Waals surface area contributed by atoms with Crippen LogP contribution in [0.1, 0.15) is 30.7 Å². The number of nitrogens with one attached hydrogen (secondary N) is 2. The van der Waals surface area contributed by atoms with E-state index in [4.69, 9.17) is 4.74 Å². The van der Waals surface area contributed by atoms with E-state index < -0.39 is 0 Å². The number of methoxy groups -OCH3 is 1. The molecule has 1 aliphatic rings. The molecule has 116 valence electrons. The summed E-state index contributed by atoms with van der Waals surface area (Å²) in [4.78, 5) is 12.3. The molecule has 0 unspecified atom stereocenters. The number of aromatic amines is 1.